The highest BCUT2D eigenvalue weighted by Crippen LogP contribution is 2.62. The van der Waals surface area contributed by atoms with Crippen LogP contribution in [0.3, 0.4) is 0 Å². The summed E-state index contributed by atoms with van der Waals surface area (Å²) in [4.78, 5) is 0. The van der Waals surface area contributed by atoms with Gasteiger partial charge in [0.15, 0.2) is 14.3 Å². The standard InChI is InChI=1S/C48H40O2P2.C48H40P2.C24H20Br2.H2O2/c1-47(2)43-29-37(51(49,33-17-9-5-10-18-33)34-19-11-6-12-20-34)25-27-39(43)41-32-46-42(31-45(41)47)40-28-26-38(30-44(40)48(46,3)4)52(50,35-21-13-7-14-22-35)36-23-15-8-16-24-36;1-47(2)43-29-37(49(33-17-9-5-10-18-33)34-19-11-6-12-20-34)25-27-39(43)41-32-46-42(31-45(41)47)40-28-26-38(30-44(40)48(46,3)4)50(35-21-13-7-14-22-35)36-23-15-8-16-24-36;1-23(2)19-9-13(25)5-7-15(19)17-12-22-18(11-21(17)23)16-8-6-14(26)10-20(16)24(22,3)4;1-2/h5-32H,1-4H3;5-32H,1-4H3;5-12H,1-4H3;1-2H. The Bertz CT molecular complexity index is 6830. The second-order valence-corrected chi connectivity index (χ2v) is 50.3. The van der Waals surface area contributed by atoms with Crippen molar-refractivity contribution in [1.82, 2.24) is 0 Å². The Hall–Kier alpha value is -11.1. The topological polar surface area (TPSA) is 74.6 Å². The lowest BCUT2D eigenvalue weighted by atomic mass is 9.79. The van der Waals surface area contributed by atoms with E-state index < -0.39 is 30.1 Å². The van der Waals surface area contributed by atoms with Crippen LogP contribution in [0.5, 0.6) is 0 Å². The third kappa shape index (κ3) is 14.0. The molecular formula is C120H102Br2O4P4. The molecule has 10 heteroatoms. The van der Waals surface area contributed by atoms with Gasteiger partial charge in [0.1, 0.15) is 0 Å². The summed E-state index contributed by atoms with van der Waals surface area (Å²) < 4.78 is 33.0. The first-order chi connectivity index (χ1) is 62.6. The van der Waals surface area contributed by atoms with E-state index in [-0.39, 0.29) is 32.5 Å². The van der Waals surface area contributed by atoms with Crippen molar-refractivity contribution in [3.63, 3.8) is 0 Å². The van der Waals surface area contributed by atoms with Crippen LogP contribution >= 0.6 is 62.0 Å². The van der Waals surface area contributed by atoms with Crippen LogP contribution in [0.15, 0.2) is 397 Å². The van der Waals surface area contributed by atoms with Crippen LogP contribution in [0.1, 0.15) is 150 Å². The smallest absolute Gasteiger partial charge is 0.171 e. The van der Waals surface area contributed by atoms with Crippen molar-refractivity contribution in [2.75, 3.05) is 0 Å². The zero-order valence-electron chi connectivity index (χ0n) is 75.2. The molecule has 0 saturated heterocycles. The number of halogens is 2. The molecule has 0 amide bonds. The van der Waals surface area contributed by atoms with Gasteiger partial charge in [0.2, 0.25) is 0 Å². The lowest BCUT2D eigenvalue weighted by Crippen LogP contribution is -2.26. The van der Waals surface area contributed by atoms with Crippen molar-refractivity contribution < 1.29 is 19.6 Å². The van der Waals surface area contributed by atoms with E-state index in [0.717, 1.165) is 40.8 Å². The van der Waals surface area contributed by atoms with E-state index in [1.54, 1.807) is 0 Å². The van der Waals surface area contributed by atoms with Crippen LogP contribution in [0, 0.1) is 0 Å². The molecule has 23 rings (SSSR count). The fraction of sp³-hybridized carbons (Fsp3) is 0.150. The van der Waals surface area contributed by atoms with Crippen molar-refractivity contribution in [2.45, 2.75) is 116 Å². The van der Waals surface area contributed by atoms with Crippen molar-refractivity contribution in [3.8, 4) is 66.8 Å². The summed E-state index contributed by atoms with van der Waals surface area (Å²) in [5, 5.41) is 25.5. The van der Waals surface area contributed by atoms with Gasteiger partial charge in [-0.1, -0.05) is 418 Å². The molecular weight excluding hydrogens is 1790 g/mol. The summed E-state index contributed by atoms with van der Waals surface area (Å²) in [6.45, 7) is 28.3. The monoisotopic (exact) mass is 1890 g/mol. The Kier molecular flexibility index (Phi) is 22.1. The largest absolute Gasteiger partial charge is 0.309 e. The molecule has 6 aliphatic carbocycles. The van der Waals surface area contributed by atoms with Crippen molar-refractivity contribution in [3.05, 3.63) is 464 Å². The summed E-state index contributed by atoms with van der Waals surface area (Å²) in [5.74, 6) is 0. The number of hydrogen-bond acceptors (Lipinski definition) is 4. The summed E-state index contributed by atoms with van der Waals surface area (Å²) >= 11 is 7.31. The average molecular weight is 1890 g/mol. The van der Waals surface area contributed by atoms with E-state index in [9.17, 15) is 0 Å². The van der Waals surface area contributed by atoms with Gasteiger partial charge in [-0.2, -0.15) is 0 Å². The number of hydrogen-bond donors (Lipinski definition) is 2. The Morgan fingerprint density at radius 2 is 0.362 bits per heavy atom. The Balaban J connectivity index is 0.000000127. The molecule has 6 aliphatic rings. The Morgan fingerprint density at radius 3 is 0.585 bits per heavy atom. The molecule has 17 aromatic carbocycles. The average Bonchev–Trinajstić information content (AvgIpc) is 1.55. The maximum absolute atomic E-state index is 15.3. The van der Waals surface area contributed by atoms with E-state index in [1.807, 2.05) is 121 Å². The van der Waals surface area contributed by atoms with E-state index in [2.05, 4.69) is 382 Å². The maximum Gasteiger partial charge on any atom is 0.171 e. The van der Waals surface area contributed by atoms with Crippen LogP contribution in [0.2, 0.25) is 0 Å². The summed E-state index contributed by atoms with van der Waals surface area (Å²) in [7, 11) is -7.58. The summed E-state index contributed by atoms with van der Waals surface area (Å²) in [5.41, 5.74) is 31.6. The van der Waals surface area contributed by atoms with E-state index in [4.69, 9.17) is 10.5 Å². The minimum absolute atomic E-state index is 0.0196. The third-order valence-corrected chi connectivity index (χ3v) is 41.0. The molecule has 0 atom stereocenters. The van der Waals surface area contributed by atoms with Crippen molar-refractivity contribution in [2.24, 2.45) is 0 Å². The van der Waals surface area contributed by atoms with Gasteiger partial charge in [-0.15, -0.1) is 0 Å². The van der Waals surface area contributed by atoms with Gasteiger partial charge in [-0.3, -0.25) is 10.5 Å². The van der Waals surface area contributed by atoms with Gasteiger partial charge in [0.05, 0.1) is 0 Å². The van der Waals surface area contributed by atoms with E-state index in [0.29, 0.717) is 0 Å². The van der Waals surface area contributed by atoms with Gasteiger partial charge < -0.3 is 9.13 Å². The molecule has 0 unspecified atom stereocenters. The SMILES string of the molecule is CC1(C)c2cc(Br)ccc2-c2cc3c(cc21)-c1ccc(Br)cc1C3(C)C.CC1(C)c2cc(P(=O)(c3ccccc3)c3ccccc3)ccc2-c2cc3c(cc21)-c1ccc(P(=O)(c2ccccc2)c2ccccc2)cc1C3(C)C.CC1(C)c2cc(P(c3ccccc3)c3ccccc3)ccc2-c2cc3c(cc21)-c1ccc(P(c2ccccc2)c2ccccc2)cc1C3(C)C.OO. The van der Waals surface area contributed by atoms with Crippen LogP contribution in [0.25, 0.3) is 66.8 Å². The zero-order valence-corrected chi connectivity index (χ0v) is 82.0. The highest BCUT2D eigenvalue weighted by Gasteiger charge is 2.48. The van der Waals surface area contributed by atoms with Crippen molar-refractivity contribution in [1.29, 1.82) is 0 Å². The molecule has 2 N–H and O–H groups in total. The molecule has 0 bridgehead atoms. The molecule has 0 fully saturated rings. The summed E-state index contributed by atoms with van der Waals surface area (Å²) in [6.07, 6.45) is 0. The minimum Gasteiger partial charge on any atom is -0.309 e. The van der Waals surface area contributed by atoms with Gasteiger partial charge in [0, 0.05) is 73.3 Å². The van der Waals surface area contributed by atoms with E-state index >= 15 is 9.13 Å². The molecule has 0 saturated carbocycles. The lowest BCUT2D eigenvalue weighted by molar-refractivity contribution is -0.176. The zero-order chi connectivity index (χ0) is 90.3. The van der Waals surface area contributed by atoms with Crippen LogP contribution in [0.4, 0.5) is 0 Å². The number of fused-ring (bicyclic) bond motifs is 18. The van der Waals surface area contributed by atoms with Crippen LogP contribution in [-0.2, 0) is 41.6 Å². The van der Waals surface area contributed by atoms with E-state index in [1.165, 1.54) is 165 Å². The first-order valence-corrected chi connectivity index (χ1v) is 52.5. The van der Waals surface area contributed by atoms with Gasteiger partial charge in [-0.25, -0.2) is 0 Å². The van der Waals surface area contributed by atoms with Crippen LogP contribution in [-0.4, -0.2) is 10.5 Å². The molecule has 0 spiro atoms. The molecule has 0 aliphatic heterocycles. The third-order valence-electron chi connectivity index (χ3n) is 29.1. The van der Waals surface area contributed by atoms with Crippen LogP contribution < -0.4 is 63.7 Å². The predicted octanol–water partition coefficient (Wildman–Crippen LogP) is 27.2. The molecule has 0 aromatic heterocycles. The van der Waals surface area contributed by atoms with Gasteiger partial charge in [0.25, 0.3) is 0 Å². The number of rotatable bonds is 12. The predicted molar refractivity (Wildman–Crippen MR) is 562 cm³/mol. The highest BCUT2D eigenvalue weighted by molar-refractivity contribution is 9.10. The lowest BCUT2D eigenvalue weighted by Gasteiger charge is -2.26. The van der Waals surface area contributed by atoms with Gasteiger partial charge in [-0.05, 0) is 266 Å². The second-order valence-electron chi connectivity index (χ2n) is 38.5. The fourth-order valence-electron chi connectivity index (χ4n) is 22.1. The normalized spacial score (nSPS) is 15.2. The molecule has 0 heterocycles. The maximum atomic E-state index is 15.3. The Morgan fingerprint density at radius 1 is 0.185 bits per heavy atom. The summed E-state index contributed by atoms with van der Waals surface area (Å²) in [6, 6.07) is 140. The molecule has 130 heavy (non-hydrogen) atoms. The number of benzene rings is 17. The molecule has 17 aromatic rings. The molecule has 0 radical (unpaired) electrons. The van der Waals surface area contributed by atoms with Gasteiger partial charge >= 0.3 is 0 Å². The second kappa shape index (κ2) is 33.0. The van der Waals surface area contributed by atoms with Crippen molar-refractivity contribution >= 4 is 126 Å². The minimum atomic E-state index is -3.12. The molecule has 640 valence electrons. The molecule has 4 nitrogen and oxygen atoms in total. The quantitative estimate of drug-likeness (QED) is 0.0726. The first kappa shape index (κ1) is 87.0. The first-order valence-electron chi connectivity index (χ1n) is 44.8. The Labute approximate surface area is 785 Å². The fourth-order valence-corrected chi connectivity index (χ4v) is 32.8. The highest BCUT2D eigenvalue weighted by atomic mass is 79.9.